The Hall–Kier alpha value is -3.39. The number of benzene rings is 2. The van der Waals surface area contributed by atoms with Crippen LogP contribution in [0.4, 0.5) is 11.4 Å². The van der Waals surface area contributed by atoms with Gasteiger partial charge in [0, 0.05) is 11.9 Å². The van der Waals surface area contributed by atoms with Crippen LogP contribution in [0.3, 0.4) is 0 Å². The number of nitrogens with zero attached hydrogens (tertiary/aromatic N) is 1. The molecule has 0 aliphatic heterocycles. The van der Waals surface area contributed by atoms with Crippen molar-refractivity contribution >= 4 is 27.3 Å². The van der Waals surface area contributed by atoms with E-state index in [4.69, 9.17) is 4.74 Å². The second kappa shape index (κ2) is 9.61. The molecular formula is C23H25N3O4S. The summed E-state index contributed by atoms with van der Waals surface area (Å²) in [6, 6.07) is 14.9. The molecule has 3 aromatic rings. The molecule has 0 fully saturated rings. The lowest BCUT2D eigenvalue weighted by atomic mass is 10.1. The summed E-state index contributed by atoms with van der Waals surface area (Å²) in [4.78, 5) is 16.7. The van der Waals surface area contributed by atoms with Gasteiger partial charge in [0.2, 0.25) is 0 Å². The number of aromatic nitrogens is 1. The van der Waals surface area contributed by atoms with Gasteiger partial charge in [0.25, 0.3) is 15.9 Å². The van der Waals surface area contributed by atoms with E-state index in [9.17, 15) is 13.2 Å². The quantitative estimate of drug-likeness (QED) is 0.546. The average molecular weight is 440 g/mol. The van der Waals surface area contributed by atoms with Crippen molar-refractivity contribution in [3.63, 3.8) is 0 Å². The first-order chi connectivity index (χ1) is 14.8. The third-order valence-corrected chi connectivity index (χ3v) is 6.23. The van der Waals surface area contributed by atoms with E-state index in [2.05, 4.69) is 15.0 Å². The largest absolute Gasteiger partial charge is 0.480 e. The lowest BCUT2D eigenvalue weighted by molar-refractivity contribution is -0.122. The molecule has 1 heterocycles. The van der Waals surface area contributed by atoms with Crippen molar-refractivity contribution in [1.29, 1.82) is 0 Å². The molecule has 1 atom stereocenters. The minimum Gasteiger partial charge on any atom is -0.480 e. The Labute approximate surface area is 182 Å². The van der Waals surface area contributed by atoms with E-state index in [1.807, 2.05) is 39.0 Å². The number of nitrogens with one attached hydrogen (secondary N) is 2. The first-order valence-electron chi connectivity index (χ1n) is 9.87. The summed E-state index contributed by atoms with van der Waals surface area (Å²) in [6.45, 7) is 5.81. The van der Waals surface area contributed by atoms with Gasteiger partial charge in [-0.15, -0.1) is 0 Å². The van der Waals surface area contributed by atoms with Gasteiger partial charge in [0.05, 0.1) is 16.8 Å². The molecule has 2 N–H and O–H groups in total. The number of hydrogen-bond donors (Lipinski definition) is 2. The number of sulfonamides is 1. The zero-order valence-corrected chi connectivity index (χ0v) is 18.4. The van der Waals surface area contributed by atoms with Crippen LogP contribution in [0.5, 0.6) is 5.75 Å². The van der Waals surface area contributed by atoms with Gasteiger partial charge in [0.15, 0.2) is 6.10 Å². The Morgan fingerprint density at radius 3 is 2.42 bits per heavy atom. The van der Waals surface area contributed by atoms with Crippen LogP contribution in [-0.2, 0) is 14.8 Å². The van der Waals surface area contributed by atoms with Crippen molar-refractivity contribution in [1.82, 2.24) is 4.98 Å². The summed E-state index contributed by atoms with van der Waals surface area (Å²) >= 11 is 0. The van der Waals surface area contributed by atoms with E-state index in [0.29, 0.717) is 23.5 Å². The number of amides is 1. The molecular weight excluding hydrogens is 414 g/mol. The third-order valence-electron chi connectivity index (χ3n) is 4.83. The Bertz CT molecular complexity index is 1150. The summed E-state index contributed by atoms with van der Waals surface area (Å²) in [5, 5.41) is 2.79. The van der Waals surface area contributed by atoms with Gasteiger partial charge in [-0.05, 0) is 73.9 Å². The Balaban J connectivity index is 1.68. The number of carbonyl (C=O) groups excluding carboxylic acids is 1. The molecule has 8 heteroatoms. The summed E-state index contributed by atoms with van der Waals surface area (Å²) in [5.41, 5.74) is 2.93. The maximum absolute atomic E-state index is 12.7. The molecule has 162 valence electrons. The van der Waals surface area contributed by atoms with Gasteiger partial charge in [0.1, 0.15) is 5.75 Å². The fraction of sp³-hybridized carbons (Fsp3) is 0.217. The van der Waals surface area contributed by atoms with Gasteiger partial charge in [-0.1, -0.05) is 19.1 Å². The fourth-order valence-corrected chi connectivity index (χ4v) is 3.95. The minimum absolute atomic E-state index is 0.0769. The highest BCUT2D eigenvalue weighted by atomic mass is 32.2. The number of carbonyl (C=O) groups is 1. The van der Waals surface area contributed by atoms with Gasteiger partial charge in [-0.25, -0.2) is 8.42 Å². The number of hydrogen-bond acceptors (Lipinski definition) is 5. The number of pyridine rings is 1. The second-order valence-corrected chi connectivity index (χ2v) is 8.76. The summed E-state index contributed by atoms with van der Waals surface area (Å²) in [7, 11) is -3.76. The van der Waals surface area contributed by atoms with Crippen LogP contribution in [-0.4, -0.2) is 25.4 Å². The van der Waals surface area contributed by atoms with Crippen LogP contribution in [0.1, 0.15) is 24.5 Å². The molecule has 0 radical (unpaired) electrons. The molecule has 0 bridgehead atoms. The number of ether oxygens (including phenoxy) is 1. The maximum Gasteiger partial charge on any atom is 0.265 e. The van der Waals surface area contributed by atoms with Crippen LogP contribution in [0, 0.1) is 13.8 Å². The van der Waals surface area contributed by atoms with Crippen LogP contribution in [0.2, 0.25) is 0 Å². The second-order valence-electron chi connectivity index (χ2n) is 7.07. The highest BCUT2D eigenvalue weighted by Crippen LogP contribution is 2.23. The van der Waals surface area contributed by atoms with E-state index in [1.54, 1.807) is 30.5 Å². The molecule has 1 amide bonds. The average Bonchev–Trinajstić information content (AvgIpc) is 2.75. The molecule has 0 spiro atoms. The Kier molecular flexibility index (Phi) is 6.91. The number of rotatable bonds is 8. The summed E-state index contributed by atoms with van der Waals surface area (Å²) < 4.78 is 33.4. The Morgan fingerprint density at radius 2 is 1.77 bits per heavy atom. The molecule has 0 saturated heterocycles. The van der Waals surface area contributed by atoms with Gasteiger partial charge in [-0.3, -0.25) is 14.5 Å². The predicted octanol–water partition coefficient (Wildman–Crippen LogP) is 4.30. The zero-order valence-electron chi connectivity index (χ0n) is 17.6. The van der Waals surface area contributed by atoms with Gasteiger partial charge in [-0.2, -0.15) is 0 Å². The lowest BCUT2D eigenvalue weighted by Gasteiger charge is -2.19. The van der Waals surface area contributed by atoms with E-state index in [0.717, 1.165) is 11.1 Å². The third kappa shape index (κ3) is 5.61. The van der Waals surface area contributed by atoms with E-state index in [1.165, 1.54) is 18.3 Å². The first kappa shape index (κ1) is 22.3. The predicted molar refractivity (Wildman–Crippen MR) is 121 cm³/mol. The van der Waals surface area contributed by atoms with Crippen LogP contribution < -0.4 is 14.8 Å². The SMILES string of the molecule is CC[C@H](Oc1cccc(C)c1C)C(=O)Nc1ccc(S(=O)(=O)Nc2cccnc2)cc1. The molecule has 0 unspecified atom stereocenters. The van der Waals surface area contributed by atoms with E-state index >= 15 is 0 Å². The maximum atomic E-state index is 12.7. The first-order valence-corrected chi connectivity index (χ1v) is 11.3. The topological polar surface area (TPSA) is 97.4 Å². The minimum atomic E-state index is -3.76. The molecule has 0 aliphatic carbocycles. The molecule has 1 aromatic heterocycles. The summed E-state index contributed by atoms with van der Waals surface area (Å²) in [5.74, 6) is 0.373. The van der Waals surface area contributed by atoms with Crippen LogP contribution in [0.15, 0.2) is 71.9 Å². The number of anilines is 2. The summed E-state index contributed by atoms with van der Waals surface area (Å²) in [6.07, 6.45) is 2.80. The van der Waals surface area contributed by atoms with Crippen LogP contribution in [0.25, 0.3) is 0 Å². The van der Waals surface area contributed by atoms with E-state index in [-0.39, 0.29) is 10.8 Å². The normalized spacial score (nSPS) is 12.1. The highest BCUT2D eigenvalue weighted by Gasteiger charge is 2.20. The van der Waals surface area contributed by atoms with Crippen molar-refractivity contribution in [3.05, 3.63) is 78.1 Å². The van der Waals surface area contributed by atoms with Crippen molar-refractivity contribution in [2.75, 3.05) is 10.0 Å². The zero-order chi connectivity index (χ0) is 22.4. The Morgan fingerprint density at radius 1 is 1.03 bits per heavy atom. The molecule has 0 saturated carbocycles. The van der Waals surface area contributed by atoms with E-state index < -0.39 is 16.1 Å². The van der Waals surface area contributed by atoms with Crippen molar-refractivity contribution in [2.45, 2.75) is 38.2 Å². The van der Waals surface area contributed by atoms with Crippen molar-refractivity contribution in [3.8, 4) is 5.75 Å². The highest BCUT2D eigenvalue weighted by molar-refractivity contribution is 7.92. The molecule has 2 aromatic carbocycles. The smallest absolute Gasteiger partial charge is 0.265 e. The lowest BCUT2D eigenvalue weighted by Crippen LogP contribution is -2.32. The molecule has 0 aliphatic rings. The molecule has 7 nitrogen and oxygen atoms in total. The fourth-order valence-electron chi connectivity index (χ4n) is 2.90. The number of aryl methyl sites for hydroxylation is 1. The van der Waals surface area contributed by atoms with Crippen molar-refractivity contribution in [2.24, 2.45) is 0 Å². The monoisotopic (exact) mass is 439 g/mol. The van der Waals surface area contributed by atoms with Gasteiger partial charge >= 0.3 is 0 Å². The standard InChI is InChI=1S/C23H25N3O4S/c1-4-21(30-22-9-5-7-16(2)17(22)3)23(27)25-18-10-12-20(13-11-18)31(28,29)26-19-8-6-14-24-15-19/h5-15,21,26H,4H2,1-3H3,(H,25,27)/t21-/m0/s1. The van der Waals surface area contributed by atoms with Crippen molar-refractivity contribution < 1.29 is 17.9 Å². The van der Waals surface area contributed by atoms with Crippen LogP contribution >= 0.6 is 0 Å². The molecule has 31 heavy (non-hydrogen) atoms. The molecule has 3 rings (SSSR count). The van der Waals surface area contributed by atoms with Gasteiger partial charge < -0.3 is 10.1 Å².